The molecule has 0 saturated heterocycles. The summed E-state index contributed by atoms with van der Waals surface area (Å²) in [5.74, 6) is -0.353. The molecule has 0 atom stereocenters. The minimum absolute atomic E-state index is 0.0471. The van der Waals surface area contributed by atoms with Crippen molar-refractivity contribution < 1.29 is 24.6 Å². The average Bonchev–Trinajstić information content (AvgIpc) is 2.67. The van der Waals surface area contributed by atoms with Gasteiger partial charge in [-0.05, 0) is 44.1 Å². The SMILES string of the molecule is Cc1ccc(SCCCC(=O)O)c(NC(=O)CCCCCCCCCCC(=O)O)n1. The van der Waals surface area contributed by atoms with E-state index in [1.54, 1.807) is 0 Å². The van der Waals surface area contributed by atoms with E-state index in [2.05, 4.69) is 10.3 Å². The van der Waals surface area contributed by atoms with Crippen LogP contribution in [-0.4, -0.2) is 38.8 Å². The first kappa shape index (κ1) is 25.9. The van der Waals surface area contributed by atoms with E-state index in [1.807, 2.05) is 19.1 Å². The number of hydrogen-bond acceptors (Lipinski definition) is 5. The molecule has 3 N–H and O–H groups in total. The number of aromatic nitrogens is 1. The molecule has 0 aliphatic carbocycles. The van der Waals surface area contributed by atoms with Gasteiger partial charge in [-0.2, -0.15) is 0 Å². The lowest BCUT2D eigenvalue weighted by Gasteiger charge is -2.11. The van der Waals surface area contributed by atoms with E-state index in [9.17, 15) is 14.4 Å². The van der Waals surface area contributed by atoms with Crippen molar-refractivity contribution in [3.8, 4) is 0 Å². The fourth-order valence-electron chi connectivity index (χ4n) is 2.97. The zero-order valence-electron chi connectivity index (χ0n) is 17.8. The third-order valence-electron chi connectivity index (χ3n) is 4.59. The Morgan fingerprint density at radius 1 is 0.833 bits per heavy atom. The maximum absolute atomic E-state index is 12.3. The molecule has 1 heterocycles. The number of thioether (sulfide) groups is 1. The first-order valence-corrected chi connectivity index (χ1v) is 11.7. The first-order chi connectivity index (χ1) is 14.4. The minimum Gasteiger partial charge on any atom is -0.481 e. The monoisotopic (exact) mass is 438 g/mol. The summed E-state index contributed by atoms with van der Waals surface area (Å²) < 4.78 is 0. The van der Waals surface area contributed by atoms with Crippen LogP contribution in [-0.2, 0) is 14.4 Å². The van der Waals surface area contributed by atoms with Gasteiger partial charge in [-0.1, -0.05) is 38.5 Å². The standard InChI is InChI=1S/C22H34N2O5S/c1-17-14-15-18(30-16-10-13-21(28)29)22(23-17)24-19(25)11-8-6-4-2-3-5-7-9-12-20(26)27/h14-15H,2-13,16H2,1H3,(H,26,27)(H,28,29)(H,23,24,25). The molecule has 0 spiro atoms. The Kier molecular flexibility index (Phi) is 13.6. The Labute approximate surface area is 183 Å². The van der Waals surface area contributed by atoms with Crippen LogP contribution >= 0.6 is 11.8 Å². The highest BCUT2D eigenvalue weighted by atomic mass is 32.2. The van der Waals surface area contributed by atoms with Gasteiger partial charge in [0.05, 0.1) is 4.90 Å². The molecule has 0 unspecified atom stereocenters. The van der Waals surface area contributed by atoms with E-state index in [1.165, 1.54) is 11.8 Å². The van der Waals surface area contributed by atoms with Crippen molar-refractivity contribution >= 4 is 35.4 Å². The normalized spacial score (nSPS) is 10.7. The van der Waals surface area contributed by atoms with Crippen LogP contribution in [0.25, 0.3) is 0 Å². The molecule has 1 aromatic rings. The predicted octanol–water partition coefficient (Wildman–Crippen LogP) is 5.27. The maximum atomic E-state index is 12.3. The van der Waals surface area contributed by atoms with Gasteiger partial charge in [0.2, 0.25) is 5.91 Å². The first-order valence-electron chi connectivity index (χ1n) is 10.7. The summed E-state index contributed by atoms with van der Waals surface area (Å²) in [6.45, 7) is 1.87. The van der Waals surface area contributed by atoms with Crippen LogP contribution in [0.1, 0.15) is 82.7 Å². The van der Waals surface area contributed by atoms with E-state index in [-0.39, 0.29) is 18.7 Å². The van der Waals surface area contributed by atoms with E-state index >= 15 is 0 Å². The lowest BCUT2D eigenvalue weighted by molar-refractivity contribution is -0.138. The van der Waals surface area contributed by atoms with Crippen molar-refractivity contribution in [3.05, 3.63) is 17.8 Å². The summed E-state index contributed by atoms with van der Waals surface area (Å²) >= 11 is 1.51. The Balaban J connectivity index is 2.22. The number of carbonyl (C=O) groups is 3. The summed E-state index contributed by atoms with van der Waals surface area (Å²) in [6, 6.07) is 3.80. The van der Waals surface area contributed by atoms with Crippen LogP contribution in [0.4, 0.5) is 5.82 Å². The Morgan fingerprint density at radius 3 is 1.97 bits per heavy atom. The quantitative estimate of drug-likeness (QED) is 0.224. The molecule has 1 rings (SSSR count). The highest BCUT2D eigenvalue weighted by Crippen LogP contribution is 2.27. The fourth-order valence-corrected chi connectivity index (χ4v) is 3.88. The molecule has 7 nitrogen and oxygen atoms in total. The number of rotatable bonds is 17. The topological polar surface area (TPSA) is 117 Å². The van der Waals surface area contributed by atoms with Crippen LogP contribution < -0.4 is 5.32 Å². The summed E-state index contributed by atoms with van der Waals surface area (Å²) in [7, 11) is 0. The van der Waals surface area contributed by atoms with Gasteiger partial charge in [-0.15, -0.1) is 11.8 Å². The number of pyridine rings is 1. The van der Waals surface area contributed by atoms with Gasteiger partial charge in [0.15, 0.2) is 0 Å². The molecule has 0 aliphatic heterocycles. The van der Waals surface area contributed by atoms with Crippen LogP contribution in [0.5, 0.6) is 0 Å². The molecular formula is C22H34N2O5S. The number of aryl methyl sites for hydroxylation is 1. The maximum Gasteiger partial charge on any atom is 0.303 e. The van der Waals surface area contributed by atoms with E-state index in [0.717, 1.165) is 62.0 Å². The average molecular weight is 439 g/mol. The molecule has 0 fully saturated rings. The van der Waals surface area contributed by atoms with Gasteiger partial charge in [0, 0.05) is 25.0 Å². The van der Waals surface area contributed by atoms with Gasteiger partial charge >= 0.3 is 11.9 Å². The van der Waals surface area contributed by atoms with Crippen molar-refractivity contribution in [2.24, 2.45) is 0 Å². The molecular weight excluding hydrogens is 404 g/mol. The van der Waals surface area contributed by atoms with Gasteiger partial charge in [0.1, 0.15) is 5.82 Å². The Hall–Kier alpha value is -2.09. The van der Waals surface area contributed by atoms with Crippen LogP contribution in [0.3, 0.4) is 0 Å². The summed E-state index contributed by atoms with van der Waals surface area (Å²) in [4.78, 5) is 38.6. The predicted molar refractivity (Wildman–Crippen MR) is 119 cm³/mol. The molecule has 0 saturated carbocycles. The third-order valence-corrected chi connectivity index (χ3v) is 5.73. The number of nitrogens with zero attached hydrogens (tertiary/aromatic N) is 1. The lowest BCUT2D eigenvalue weighted by atomic mass is 10.1. The smallest absolute Gasteiger partial charge is 0.303 e. The zero-order valence-corrected chi connectivity index (χ0v) is 18.6. The molecule has 0 bridgehead atoms. The molecule has 8 heteroatoms. The Morgan fingerprint density at radius 2 is 1.37 bits per heavy atom. The molecule has 168 valence electrons. The molecule has 1 aromatic heterocycles. The number of carboxylic acid groups (broad SMARTS) is 2. The summed E-state index contributed by atoms with van der Waals surface area (Å²) in [5, 5.41) is 20.2. The highest BCUT2D eigenvalue weighted by molar-refractivity contribution is 7.99. The third kappa shape index (κ3) is 13.2. The number of carboxylic acids is 2. The van der Waals surface area contributed by atoms with Gasteiger partial charge in [-0.3, -0.25) is 14.4 Å². The lowest BCUT2D eigenvalue weighted by Crippen LogP contribution is -2.13. The molecule has 0 radical (unpaired) electrons. The highest BCUT2D eigenvalue weighted by Gasteiger charge is 2.10. The van der Waals surface area contributed by atoms with Crippen molar-refractivity contribution in [1.29, 1.82) is 0 Å². The number of nitrogens with one attached hydrogen (secondary N) is 1. The van der Waals surface area contributed by atoms with Crippen LogP contribution in [0.2, 0.25) is 0 Å². The van der Waals surface area contributed by atoms with E-state index < -0.39 is 11.9 Å². The van der Waals surface area contributed by atoms with E-state index in [4.69, 9.17) is 10.2 Å². The van der Waals surface area contributed by atoms with Crippen LogP contribution in [0, 0.1) is 6.92 Å². The summed E-state index contributed by atoms with van der Waals surface area (Å²) in [5.41, 5.74) is 0.823. The van der Waals surface area contributed by atoms with Gasteiger partial charge in [0.25, 0.3) is 0 Å². The number of amides is 1. The fraction of sp³-hybridized carbons (Fsp3) is 0.636. The van der Waals surface area contributed by atoms with Crippen molar-refractivity contribution in [2.45, 2.75) is 88.9 Å². The van der Waals surface area contributed by atoms with Crippen molar-refractivity contribution in [1.82, 2.24) is 4.98 Å². The van der Waals surface area contributed by atoms with E-state index in [0.29, 0.717) is 24.4 Å². The number of carbonyl (C=O) groups excluding carboxylic acids is 1. The second kappa shape index (κ2) is 15.7. The largest absolute Gasteiger partial charge is 0.481 e. The second-order valence-corrected chi connectivity index (χ2v) is 8.55. The molecule has 0 aromatic carbocycles. The number of unbranched alkanes of at least 4 members (excludes halogenated alkanes) is 7. The van der Waals surface area contributed by atoms with Crippen molar-refractivity contribution in [3.63, 3.8) is 0 Å². The molecule has 30 heavy (non-hydrogen) atoms. The number of hydrogen-bond donors (Lipinski definition) is 3. The van der Waals surface area contributed by atoms with Gasteiger partial charge < -0.3 is 15.5 Å². The molecule has 1 amide bonds. The van der Waals surface area contributed by atoms with Crippen molar-refractivity contribution in [2.75, 3.05) is 11.1 Å². The number of aliphatic carboxylic acids is 2. The molecule has 0 aliphatic rings. The zero-order chi connectivity index (χ0) is 22.2. The second-order valence-electron chi connectivity index (χ2n) is 7.42. The minimum atomic E-state index is -0.802. The van der Waals surface area contributed by atoms with Crippen LogP contribution in [0.15, 0.2) is 17.0 Å². The van der Waals surface area contributed by atoms with Gasteiger partial charge in [-0.25, -0.2) is 4.98 Å². The summed E-state index contributed by atoms with van der Waals surface area (Å²) in [6.07, 6.45) is 9.35. The number of anilines is 1. The Bertz CT molecular complexity index is 681.